The minimum absolute atomic E-state index is 0.0185. The molecule has 7 heteroatoms. The normalized spacial score (nSPS) is 31.2. The molecule has 3 atom stereocenters. The van der Waals surface area contributed by atoms with Crippen LogP contribution in [0.3, 0.4) is 0 Å². The van der Waals surface area contributed by atoms with Crippen LogP contribution in [0.1, 0.15) is 37.3 Å². The van der Waals surface area contributed by atoms with Crippen molar-refractivity contribution < 1.29 is 14.7 Å². The molecule has 2 N–H and O–H groups in total. The molecule has 0 aromatic heterocycles. The molecule has 0 unspecified atom stereocenters. The lowest BCUT2D eigenvalue weighted by molar-refractivity contribution is -0.122. The van der Waals surface area contributed by atoms with Gasteiger partial charge in [-0.15, -0.1) is 0 Å². The first-order valence-electron chi connectivity index (χ1n) is 10.6. The molecule has 7 nitrogen and oxygen atoms in total. The Hall–Kier alpha value is -2.12. The van der Waals surface area contributed by atoms with Gasteiger partial charge >= 0.3 is 0 Å². The van der Waals surface area contributed by atoms with Crippen molar-refractivity contribution in [1.29, 1.82) is 0 Å². The maximum Gasteiger partial charge on any atom is 0.221 e. The lowest BCUT2D eigenvalue weighted by Gasteiger charge is -2.41. The third-order valence-electron chi connectivity index (χ3n) is 6.89. The van der Waals surface area contributed by atoms with Gasteiger partial charge in [-0.2, -0.15) is 0 Å². The molecule has 29 heavy (non-hydrogen) atoms. The van der Waals surface area contributed by atoms with Crippen molar-refractivity contribution >= 4 is 11.6 Å². The molecule has 4 rings (SSSR count). The SMILES string of the molecule is Cc1ccc2c(c1)[C@]1(C)CC/C(=N\O)[C@H](NC(=O)CCN3CCN(C)CC3)[C@@H]1O2. The van der Waals surface area contributed by atoms with Crippen LogP contribution in [0, 0.1) is 6.92 Å². The third-order valence-corrected chi connectivity index (χ3v) is 6.89. The predicted molar refractivity (Wildman–Crippen MR) is 112 cm³/mol. The zero-order valence-corrected chi connectivity index (χ0v) is 17.6. The zero-order chi connectivity index (χ0) is 20.6. The number of aryl methyl sites for hydroxylation is 1. The van der Waals surface area contributed by atoms with E-state index in [4.69, 9.17) is 4.74 Å². The number of piperazine rings is 1. The van der Waals surface area contributed by atoms with Crippen LogP contribution in [0.15, 0.2) is 23.4 Å². The number of hydrogen-bond acceptors (Lipinski definition) is 6. The standard InChI is InChI=1S/C22H32N4O3/c1-15-4-5-18-16(14-15)22(2)8-6-17(24-28)20(21(22)29-18)23-19(27)7-9-26-12-10-25(3)11-13-26/h4-5,14,20-21,28H,6-13H2,1-3H3,(H,23,27)/b24-17+/t20-,21-,22-/m0/s1. The number of carbonyl (C=O) groups excluding carboxylic acids is 1. The van der Waals surface area contributed by atoms with Gasteiger partial charge in [-0.1, -0.05) is 29.8 Å². The van der Waals surface area contributed by atoms with E-state index in [9.17, 15) is 10.0 Å². The Morgan fingerprint density at radius 3 is 2.83 bits per heavy atom. The van der Waals surface area contributed by atoms with Crippen LogP contribution in [0.4, 0.5) is 0 Å². The summed E-state index contributed by atoms with van der Waals surface area (Å²) in [5, 5.41) is 16.2. The Balaban J connectivity index is 1.45. The highest BCUT2D eigenvalue weighted by Gasteiger charge is 2.53. The van der Waals surface area contributed by atoms with Crippen LogP contribution >= 0.6 is 0 Å². The molecule has 2 fully saturated rings. The number of hydrogen-bond donors (Lipinski definition) is 2. The topological polar surface area (TPSA) is 77.4 Å². The first-order chi connectivity index (χ1) is 13.9. The number of nitrogens with one attached hydrogen (secondary N) is 1. The summed E-state index contributed by atoms with van der Waals surface area (Å²) in [4.78, 5) is 17.4. The molecule has 1 saturated heterocycles. The van der Waals surface area contributed by atoms with Crippen LogP contribution in [-0.4, -0.2) is 78.5 Å². The number of benzene rings is 1. The highest BCUT2D eigenvalue weighted by atomic mass is 16.5. The van der Waals surface area contributed by atoms with Crippen LogP contribution in [0.5, 0.6) is 5.75 Å². The molecule has 1 amide bonds. The van der Waals surface area contributed by atoms with E-state index >= 15 is 0 Å². The summed E-state index contributed by atoms with van der Waals surface area (Å²) in [6.07, 6.45) is 1.66. The van der Waals surface area contributed by atoms with E-state index in [2.05, 4.69) is 47.2 Å². The van der Waals surface area contributed by atoms with Crippen molar-refractivity contribution in [3.8, 4) is 5.75 Å². The summed E-state index contributed by atoms with van der Waals surface area (Å²) in [5.41, 5.74) is 2.79. The number of ether oxygens (including phenoxy) is 1. The Bertz CT molecular complexity index is 803. The fourth-order valence-corrected chi connectivity index (χ4v) is 4.89. The van der Waals surface area contributed by atoms with E-state index in [0.29, 0.717) is 18.6 Å². The van der Waals surface area contributed by atoms with Crippen molar-refractivity contribution in [1.82, 2.24) is 15.1 Å². The molecule has 0 bridgehead atoms. The van der Waals surface area contributed by atoms with Gasteiger partial charge in [-0.05, 0) is 32.9 Å². The second-order valence-corrected chi connectivity index (χ2v) is 8.99. The van der Waals surface area contributed by atoms with Crippen molar-refractivity contribution in [3.63, 3.8) is 0 Å². The largest absolute Gasteiger partial charge is 0.487 e. The predicted octanol–water partition coefficient (Wildman–Crippen LogP) is 1.76. The van der Waals surface area contributed by atoms with Gasteiger partial charge in [0, 0.05) is 50.1 Å². The smallest absolute Gasteiger partial charge is 0.221 e. The quantitative estimate of drug-likeness (QED) is 0.595. The Morgan fingerprint density at radius 2 is 2.10 bits per heavy atom. The number of nitrogens with zero attached hydrogens (tertiary/aromatic N) is 3. The summed E-state index contributed by atoms with van der Waals surface area (Å²) in [6, 6.07) is 5.83. The molecule has 2 heterocycles. The molecule has 0 spiro atoms. The number of rotatable bonds is 4. The molecule has 158 valence electrons. The Labute approximate surface area is 172 Å². The van der Waals surface area contributed by atoms with E-state index in [1.165, 1.54) is 11.1 Å². The van der Waals surface area contributed by atoms with Gasteiger partial charge in [0.1, 0.15) is 17.9 Å². The highest BCUT2D eigenvalue weighted by Crippen LogP contribution is 2.49. The van der Waals surface area contributed by atoms with Crippen molar-refractivity contribution in [2.75, 3.05) is 39.8 Å². The molecule has 1 saturated carbocycles. The fraction of sp³-hybridized carbons (Fsp3) is 0.636. The fourth-order valence-electron chi connectivity index (χ4n) is 4.89. The number of carbonyl (C=O) groups is 1. The van der Waals surface area contributed by atoms with Gasteiger partial charge in [-0.3, -0.25) is 4.79 Å². The lowest BCUT2D eigenvalue weighted by atomic mass is 9.67. The molecular weight excluding hydrogens is 368 g/mol. The molecule has 0 radical (unpaired) electrons. The molecular formula is C22H32N4O3. The molecule has 1 aromatic carbocycles. The number of oxime groups is 1. The van der Waals surface area contributed by atoms with E-state index in [-0.39, 0.29) is 17.4 Å². The monoisotopic (exact) mass is 400 g/mol. The number of likely N-dealkylation sites (N-methyl/N-ethyl adjacent to an activating group) is 1. The summed E-state index contributed by atoms with van der Waals surface area (Å²) >= 11 is 0. The summed E-state index contributed by atoms with van der Waals surface area (Å²) in [7, 11) is 2.13. The van der Waals surface area contributed by atoms with Gasteiger partial charge < -0.3 is 25.1 Å². The Morgan fingerprint density at radius 1 is 1.34 bits per heavy atom. The van der Waals surface area contributed by atoms with E-state index < -0.39 is 6.04 Å². The van der Waals surface area contributed by atoms with Gasteiger partial charge in [0.25, 0.3) is 0 Å². The molecule has 3 aliphatic rings. The first kappa shape index (κ1) is 20.2. The van der Waals surface area contributed by atoms with Gasteiger partial charge in [-0.25, -0.2) is 0 Å². The van der Waals surface area contributed by atoms with Crippen LogP contribution in [-0.2, 0) is 10.2 Å². The van der Waals surface area contributed by atoms with Crippen LogP contribution < -0.4 is 10.1 Å². The number of amides is 1. The van der Waals surface area contributed by atoms with Crippen molar-refractivity contribution in [2.45, 2.75) is 50.7 Å². The third kappa shape index (κ3) is 3.85. The van der Waals surface area contributed by atoms with E-state index in [1.54, 1.807) is 0 Å². The molecule has 1 aromatic rings. The first-order valence-corrected chi connectivity index (χ1v) is 10.6. The summed E-state index contributed by atoms with van der Waals surface area (Å²) in [5.74, 6) is 0.856. The van der Waals surface area contributed by atoms with Crippen molar-refractivity contribution in [3.05, 3.63) is 29.3 Å². The Kier molecular flexibility index (Phi) is 5.53. The second-order valence-electron chi connectivity index (χ2n) is 8.99. The van der Waals surface area contributed by atoms with Gasteiger partial charge in [0.05, 0.1) is 5.71 Å². The van der Waals surface area contributed by atoms with Gasteiger partial charge in [0.2, 0.25) is 5.91 Å². The maximum atomic E-state index is 12.8. The van der Waals surface area contributed by atoms with E-state index in [1.807, 2.05) is 12.1 Å². The van der Waals surface area contributed by atoms with Crippen LogP contribution in [0.25, 0.3) is 0 Å². The zero-order valence-electron chi connectivity index (χ0n) is 17.6. The van der Waals surface area contributed by atoms with Crippen LogP contribution in [0.2, 0.25) is 0 Å². The number of fused-ring (bicyclic) bond motifs is 3. The van der Waals surface area contributed by atoms with E-state index in [0.717, 1.165) is 44.9 Å². The molecule has 1 aliphatic carbocycles. The average molecular weight is 401 g/mol. The summed E-state index contributed by atoms with van der Waals surface area (Å²) < 4.78 is 6.30. The average Bonchev–Trinajstić information content (AvgIpc) is 3.00. The second kappa shape index (κ2) is 7.95. The van der Waals surface area contributed by atoms with Gasteiger partial charge in [0.15, 0.2) is 0 Å². The lowest BCUT2D eigenvalue weighted by Crippen LogP contribution is -2.59. The highest BCUT2D eigenvalue weighted by molar-refractivity contribution is 5.95. The van der Waals surface area contributed by atoms with Crippen molar-refractivity contribution in [2.24, 2.45) is 5.16 Å². The minimum Gasteiger partial charge on any atom is -0.487 e. The molecule has 2 aliphatic heterocycles. The minimum atomic E-state index is -0.411. The summed E-state index contributed by atoms with van der Waals surface area (Å²) in [6.45, 7) is 9.10. The maximum absolute atomic E-state index is 12.8.